The zero-order valence-corrected chi connectivity index (χ0v) is 12.1. The fourth-order valence-electron chi connectivity index (χ4n) is 2.32. The molecule has 1 aromatic carbocycles. The Morgan fingerprint density at radius 1 is 0.947 bits per heavy atom. The van der Waals surface area contributed by atoms with E-state index >= 15 is 0 Å². The van der Waals surface area contributed by atoms with Crippen molar-refractivity contribution in [1.29, 1.82) is 0 Å². The summed E-state index contributed by atoms with van der Waals surface area (Å²) in [7, 11) is 0. The maximum atomic E-state index is 12.5. The lowest BCUT2D eigenvalue weighted by atomic mass is 9.80. The predicted molar refractivity (Wildman–Crippen MR) is 73.1 cm³/mol. The lowest BCUT2D eigenvalue weighted by Gasteiger charge is -2.35. The molecule has 1 aromatic rings. The molecule has 0 spiro atoms. The Morgan fingerprint density at radius 2 is 1.42 bits per heavy atom. The maximum Gasteiger partial charge on any atom is 0.416 e. The number of halogens is 3. The fourth-order valence-corrected chi connectivity index (χ4v) is 2.32. The molecule has 0 aliphatic carbocycles. The molecule has 1 rings (SSSR count). The van der Waals surface area contributed by atoms with Gasteiger partial charge in [-0.05, 0) is 35.6 Å². The first-order valence-electron chi connectivity index (χ1n) is 6.45. The third kappa shape index (κ3) is 4.44. The second-order valence-electron chi connectivity index (χ2n) is 6.31. The summed E-state index contributed by atoms with van der Waals surface area (Å²) in [5, 5.41) is 3.33. The van der Waals surface area contributed by atoms with Crippen LogP contribution in [0.2, 0.25) is 0 Å². The number of benzene rings is 1. The Labute approximate surface area is 113 Å². The average molecular weight is 273 g/mol. The summed E-state index contributed by atoms with van der Waals surface area (Å²) in [6, 6.07) is 5.41. The molecule has 1 nitrogen and oxygen atoms in total. The Balaban J connectivity index is 2.88. The first-order chi connectivity index (χ1) is 8.51. The van der Waals surface area contributed by atoms with Crippen molar-refractivity contribution in [2.24, 2.45) is 11.3 Å². The Kier molecular flexibility index (Phi) is 4.54. The molecule has 0 saturated heterocycles. The minimum Gasteiger partial charge on any atom is -0.382 e. The van der Waals surface area contributed by atoms with Gasteiger partial charge in [-0.1, -0.05) is 34.6 Å². The minimum atomic E-state index is -4.28. The first kappa shape index (κ1) is 15.9. The van der Waals surface area contributed by atoms with E-state index in [-0.39, 0.29) is 11.5 Å². The van der Waals surface area contributed by atoms with Gasteiger partial charge in [0.05, 0.1) is 5.56 Å². The molecular formula is C15H22F3N. The standard InChI is InChI=1S/C15H22F3N/c1-10(2)13(14(3,4)5)19-12-8-6-11(7-9-12)15(16,17)18/h6-10,13,19H,1-5H3. The van der Waals surface area contributed by atoms with Gasteiger partial charge in [-0.2, -0.15) is 13.2 Å². The van der Waals surface area contributed by atoms with Crippen LogP contribution in [0, 0.1) is 11.3 Å². The molecule has 0 amide bonds. The van der Waals surface area contributed by atoms with Gasteiger partial charge < -0.3 is 5.32 Å². The second kappa shape index (κ2) is 5.43. The third-order valence-electron chi connectivity index (χ3n) is 3.13. The van der Waals surface area contributed by atoms with Crippen molar-refractivity contribution in [3.8, 4) is 0 Å². The lowest BCUT2D eigenvalue weighted by molar-refractivity contribution is -0.137. The SMILES string of the molecule is CC(C)C(Nc1ccc(C(F)(F)F)cc1)C(C)(C)C. The van der Waals surface area contributed by atoms with Crippen molar-refractivity contribution in [3.63, 3.8) is 0 Å². The number of anilines is 1. The molecule has 108 valence electrons. The van der Waals surface area contributed by atoms with Crippen molar-refractivity contribution in [2.45, 2.75) is 46.8 Å². The van der Waals surface area contributed by atoms with Gasteiger partial charge in [0.2, 0.25) is 0 Å². The molecule has 4 heteroatoms. The number of alkyl halides is 3. The molecule has 0 radical (unpaired) electrons. The van der Waals surface area contributed by atoms with Gasteiger partial charge in [-0.15, -0.1) is 0 Å². The van der Waals surface area contributed by atoms with E-state index in [0.29, 0.717) is 5.92 Å². The van der Waals surface area contributed by atoms with Crippen LogP contribution in [-0.4, -0.2) is 6.04 Å². The monoisotopic (exact) mass is 273 g/mol. The normalized spacial score (nSPS) is 14.6. The largest absolute Gasteiger partial charge is 0.416 e. The zero-order chi connectivity index (χ0) is 14.8. The minimum absolute atomic E-state index is 0.0386. The van der Waals surface area contributed by atoms with Gasteiger partial charge in [0.15, 0.2) is 0 Å². The molecule has 0 bridgehead atoms. The molecular weight excluding hydrogens is 251 g/mol. The number of hydrogen-bond donors (Lipinski definition) is 1. The van der Waals surface area contributed by atoms with Crippen LogP contribution < -0.4 is 5.32 Å². The number of nitrogens with one attached hydrogen (secondary N) is 1. The molecule has 0 aliphatic heterocycles. The Bertz CT molecular complexity index is 399. The molecule has 1 unspecified atom stereocenters. The van der Waals surface area contributed by atoms with Crippen molar-refractivity contribution in [2.75, 3.05) is 5.32 Å². The zero-order valence-electron chi connectivity index (χ0n) is 12.1. The Hall–Kier alpha value is -1.19. The van der Waals surface area contributed by atoms with Gasteiger partial charge in [-0.3, -0.25) is 0 Å². The first-order valence-corrected chi connectivity index (χ1v) is 6.45. The molecule has 1 atom stereocenters. The van der Waals surface area contributed by atoms with E-state index in [2.05, 4.69) is 39.9 Å². The van der Waals surface area contributed by atoms with Crippen LogP contribution in [0.3, 0.4) is 0 Å². The van der Waals surface area contributed by atoms with Gasteiger partial charge in [-0.25, -0.2) is 0 Å². The predicted octanol–water partition coefficient (Wildman–Crippen LogP) is 5.19. The van der Waals surface area contributed by atoms with Crippen LogP contribution in [0.15, 0.2) is 24.3 Å². The van der Waals surface area contributed by atoms with Gasteiger partial charge in [0.1, 0.15) is 0 Å². The van der Waals surface area contributed by atoms with E-state index in [0.717, 1.165) is 17.8 Å². The molecule has 0 aliphatic rings. The van der Waals surface area contributed by atoms with Crippen molar-refractivity contribution in [3.05, 3.63) is 29.8 Å². The van der Waals surface area contributed by atoms with Gasteiger partial charge in [0.25, 0.3) is 0 Å². The fraction of sp³-hybridized carbons (Fsp3) is 0.600. The molecule has 0 heterocycles. The Morgan fingerprint density at radius 3 is 1.74 bits per heavy atom. The molecule has 0 aromatic heterocycles. The summed E-state index contributed by atoms with van der Waals surface area (Å²) in [4.78, 5) is 0. The third-order valence-corrected chi connectivity index (χ3v) is 3.13. The van der Waals surface area contributed by atoms with E-state index in [1.807, 2.05) is 0 Å². The van der Waals surface area contributed by atoms with Crippen molar-refractivity contribution < 1.29 is 13.2 Å². The quantitative estimate of drug-likeness (QED) is 0.799. The molecule has 0 saturated carbocycles. The van der Waals surface area contributed by atoms with Crippen LogP contribution in [0.1, 0.15) is 40.2 Å². The summed E-state index contributed by atoms with van der Waals surface area (Å²) in [6.45, 7) is 10.6. The van der Waals surface area contributed by atoms with Crippen LogP contribution in [0.5, 0.6) is 0 Å². The van der Waals surface area contributed by atoms with E-state index in [1.54, 1.807) is 0 Å². The average Bonchev–Trinajstić information content (AvgIpc) is 2.23. The van der Waals surface area contributed by atoms with Gasteiger partial charge in [0, 0.05) is 11.7 Å². The highest BCUT2D eigenvalue weighted by Crippen LogP contribution is 2.32. The van der Waals surface area contributed by atoms with Crippen molar-refractivity contribution in [1.82, 2.24) is 0 Å². The summed E-state index contributed by atoms with van der Waals surface area (Å²) in [5.41, 5.74) is 0.146. The van der Waals surface area contributed by atoms with Gasteiger partial charge >= 0.3 is 6.18 Å². The highest BCUT2D eigenvalue weighted by atomic mass is 19.4. The van der Waals surface area contributed by atoms with E-state index in [9.17, 15) is 13.2 Å². The highest BCUT2D eigenvalue weighted by molar-refractivity contribution is 5.46. The number of rotatable bonds is 3. The smallest absolute Gasteiger partial charge is 0.382 e. The van der Waals surface area contributed by atoms with Crippen LogP contribution in [-0.2, 0) is 6.18 Å². The second-order valence-corrected chi connectivity index (χ2v) is 6.31. The van der Waals surface area contributed by atoms with Crippen LogP contribution in [0.25, 0.3) is 0 Å². The van der Waals surface area contributed by atoms with E-state index < -0.39 is 11.7 Å². The topological polar surface area (TPSA) is 12.0 Å². The molecule has 1 N–H and O–H groups in total. The molecule has 0 fully saturated rings. The number of hydrogen-bond acceptors (Lipinski definition) is 1. The van der Waals surface area contributed by atoms with E-state index in [1.165, 1.54) is 12.1 Å². The molecule has 19 heavy (non-hydrogen) atoms. The highest BCUT2D eigenvalue weighted by Gasteiger charge is 2.31. The summed E-state index contributed by atoms with van der Waals surface area (Å²) in [6.07, 6.45) is -4.28. The van der Waals surface area contributed by atoms with Crippen LogP contribution in [0.4, 0.5) is 18.9 Å². The lowest BCUT2D eigenvalue weighted by Crippen LogP contribution is -2.38. The summed E-state index contributed by atoms with van der Waals surface area (Å²) >= 11 is 0. The van der Waals surface area contributed by atoms with Crippen molar-refractivity contribution >= 4 is 5.69 Å². The summed E-state index contributed by atoms with van der Waals surface area (Å²) < 4.78 is 37.4. The van der Waals surface area contributed by atoms with E-state index in [4.69, 9.17) is 0 Å². The van der Waals surface area contributed by atoms with Crippen LogP contribution >= 0.6 is 0 Å². The summed E-state index contributed by atoms with van der Waals surface area (Å²) in [5.74, 6) is 0.391. The maximum absolute atomic E-state index is 12.5.